The second-order valence-corrected chi connectivity index (χ2v) is 9.34. The highest BCUT2D eigenvalue weighted by Gasteiger charge is 2.16. The molecule has 0 aliphatic carbocycles. The van der Waals surface area contributed by atoms with Gasteiger partial charge in [-0.1, -0.05) is 24.3 Å². The summed E-state index contributed by atoms with van der Waals surface area (Å²) in [4.78, 5) is 25.3. The molecule has 0 aliphatic heterocycles. The molecule has 3 rings (SSSR count). The van der Waals surface area contributed by atoms with Crippen molar-refractivity contribution in [1.82, 2.24) is 0 Å². The van der Waals surface area contributed by atoms with Crippen LogP contribution in [0.5, 0.6) is 11.5 Å². The molecule has 0 unspecified atom stereocenters. The second kappa shape index (κ2) is 12.2. The van der Waals surface area contributed by atoms with E-state index in [4.69, 9.17) is 9.47 Å². The number of anilines is 2. The van der Waals surface area contributed by atoms with Crippen LogP contribution >= 0.6 is 15.9 Å². The van der Waals surface area contributed by atoms with E-state index in [0.717, 1.165) is 27.9 Å². The first-order chi connectivity index (χ1) is 17.6. The van der Waals surface area contributed by atoms with E-state index >= 15 is 0 Å². The second-order valence-electron chi connectivity index (χ2n) is 8.49. The number of rotatable bonds is 8. The lowest BCUT2D eigenvalue weighted by Gasteiger charge is -2.15. The van der Waals surface area contributed by atoms with Crippen LogP contribution in [0.15, 0.2) is 58.6 Å². The summed E-state index contributed by atoms with van der Waals surface area (Å²) < 4.78 is 11.7. The van der Waals surface area contributed by atoms with Gasteiger partial charge in [-0.25, -0.2) is 0 Å². The van der Waals surface area contributed by atoms with Crippen molar-refractivity contribution in [3.8, 4) is 17.6 Å². The zero-order valence-electron chi connectivity index (χ0n) is 21.4. The molecule has 0 aromatic heterocycles. The van der Waals surface area contributed by atoms with E-state index in [1.54, 1.807) is 18.2 Å². The number of nitriles is 1. The Morgan fingerprint density at radius 3 is 2.14 bits per heavy atom. The fourth-order valence-electron chi connectivity index (χ4n) is 3.57. The minimum Gasteiger partial charge on any atom is -0.493 e. The first kappa shape index (κ1) is 27.5. The lowest BCUT2D eigenvalue weighted by molar-refractivity contribution is -0.118. The highest BCUT2D eigenvalue weighted by atomic mass is 79.9. The zero-order valence-corrected chi connectivity index (χ0v) is 22.9. The number of methoxy groups -OCH3 is 1. The third kappa shape index (κ3) is 6.78. The van der Waals surface area contributed by atoms with Gasteiger partial charge in [-0.05, 0) is 102 Å². The number of amides is 2. The number of carbonyl (C=O) groups excluding carboxylic acids is 2. The zero-order chi connectivity index (χ0) is 27.1. The Kier molecular flexibility index (Phi) is 9.10. The van der Waals surface area contributed by atoms with Crippen LogP contribution in [0.1, 0.15) is 27.8 Å². The van der Waals surface area contributed by atoms with Crippen molar-refractivity contribution in [3.63, 3.8) is 0 Å². The van der Waals surface area contributed by atoms with Crippen molar-refractivity contribution >= 4 is 45.2 Å². The van der Waals surface area contributed by atoms with Gasteiger partial charge in [0.25, 0.3) is 11.8 Å². The molecule has 0 saturated heterocycles. The van der Waals surface area contributed by atoms with Gasteiger partial charge in [0.1, 0.15) is 11.6 Å². The number of benzene rings is 3. The molecule has 190 valence electrons. The minimum absolute atomic E-state index is 0.0728. The quantitative estimate of drug-likeness (QED) is 0.250. The van der Waals surface area contributed by atoms with Crippen LogP contribution in [0, 0.1) is 39.0 Å². The number of ether oxygens (including phenoxy) is 2. The predicted octanol–water partition coefficient (Wildman–Crippen LogP) is 6.25. The summed E-state index contributed by atoms with van der Waals surface area (Å²) in [6, 6.07) is 16.5. The van der Waals surface area contributed by atoms with Crippen LogP contribution in [0.2, 0.25) is 0 Å². The molecular formula is C29H28BrN3O4. The van der Waals surface area contributed by atoms with Crippen LogP contribution in [0.4, 0.5) is 11.4 Å². The molecule has 7 nitrogen and oxygen atoms in total. The van der Waals surface area contributed by atoms with Crippen molar-refractivity contribution in [2.24, 2.45) is 0 Å². The van der Waals surface area contributed by atoms with E-state index in [0.29, 0.717) is 27.2 Å². The lowest BCUT2D eigenvalue weighted by Crippen LogP contribution is -2.21. The number of nitrogens with zero attached hydrogens (tertiary/aromatic N) is 1. The van der Waals surface area contributed by atoms with Gasteiger partial charge in [-0.15, -0.1) is 0 Å². The monoisotopic (exact) mass is 561 g/mol. The third-order valence-corrected chi connectivity index (χ3v) is 6.60. The lowest BCUT2D eigenvalue weighted by atomic mass is 10.1. The molecule has 8 heteroatoms. The maximum absolute atomic E-state index is 12.8. The molecule has 3 aromatic rings. The number of hydrogen-bond acceptors (Lipinski definition) is 5. The van der Waals surface area contributed by atoms with E-state index in [1.165, 1.54) is 13.2 Å². The summed E-state index contributed by atoms with van der Waals surface area (Å²) in [6.45, 7) is 7.54. The highest BCUT2D eigenvalue weighted by Crippen LogP contribution is 2.37. The van der Waals surface area contributed by atoms with Gasteiger partial charge in [0.15, 0.2) is 18.1 Å². The van der Waals surface area contributed by atoms with Crippen molar-refractivity contribution in [2.75, 3.05) is 24.4 Å². The summed E-state index contributed by atoms with van der Waals surface area (Å²) in [5.74, 6) is -0.169. The normalized spacial score (nSPS) is 10.9. The molecule has 2 N–H and O–H groups in total. The molecule has 0 heterocycles. The molecule has 3 aromatic carbocycles. The Balaban J connectivity index is 1.77. The van der Waals surface area contributed by atoms with Gasteiger partial charge in [-0.3, -0.25) is 9.59 Å². The first-order valence-electron chi connectivity index (χ1n) is 11.5. The SMILES string of the molecule is COc1cc(/C=C(/C#N)C(=O)Nc2cccc(C)c2C)cc(Br)c1OCC(=O)Nc1cccc(C)c1C. The molecule has 0 atom stereocenters. The van der Waals surface area contributed by atoms with Gasteiger partial charge in [-0.2, -0.15) is 5.26 Å². The largest absolute Gasteiger partial charge is 0.493 e. The molecular weight excluding hydrogens is 534 g/mol. The van der Waals surface area contributed by atoms with Gasteiger partial charge in [0.05, 0.1) is 11.6 Å². The van der Waals surface area contributed by atoms with E-state index in [-0.39, 0.29) is 18.1 Å². The van der Waals surface area contributed by atoms with Gasteiger partial charge in [0, 0.05) is 11.4 Å². The van der Waals surface area contributed by atoms with Crippen LogP contribution in [-0.4, -0.2) is 25.5 Å². The number of carbonyl (C=O) groups is 2. The summed E-state index contributed by atoms with van der Waals surface area (Å²) in [7, 11) is 1.47. The summed E-state index contributed by atoms with van der Waals surface area (Å²) in [6.07, 6.45) is 1.46. The molecule has 0 spiro atoms. The van der Waals surface area contributed by atoms with Gasteiger partial charge in [0.2, 0.25) is 0 Å². The average molecular weight is 562 g/mol. The molecule has 0 saturated carbocycles. The highest BCUT2D eigenvalue weighted by molar-refractivity contribution is 9.10. The molecule has 0 aliphatic rings. The Bertz CT molecular complexity index is 1420. The number of aryl methyl sites for hydroxylation is 2. The summed E-state index contributed by atoms with van der Waals surface area (Å²) in [5, 5.41) is 15.3. The summed E-state index contributed by atoms with van der Waals surface area (Å²) in [5.41, 5.74) is 5.87. The molecule has 0 bridgehead atoms. The van der Waals surface area contributed by atoms with Crippen molar-refractivity contribution in [3.05, 3.63) is 86.4 Å². The Labute approximate surface area is 225 Å². The standard InChI is InChI=1S/C29H28BrN3O4/c1-17-8-6-10-24(19(17)3)32-27(34)16-37-28-23(30)13-21(14-26(28)36-5)12-22(15-31)29(35)33-25-11-7-9-18(2)20(25)4/h6-14H,16H2,1-5H3,(H,32,34)(H,33,35)/b22-12-. The number of halogens is 1. The fourth-order valence-corrected chi connectivity index (χ4v) is 4.14. The van der Waals surface area contributed by atoms with Crippen LogP contribution in [-0.2, 0) is 9.59 Å². The molecule has 2 amide bonds. The smallest absolute Gasteiger partial charge is 0.266 e. The average Bonchev–Trinajstić information content (AvgIpc) is 2.87. The van der Waals surface area contributed by atoms with E-state index in [1.807, 2.05) is 64.1 Å². The van der Waals surface area contributed by atoms with E-state index < -0.39 is 5.91 Å². The number of hydrogen-bond donors (Lipinski definition) is 2. The van der Waals surface area contributed by atoms with Crippen molar-refractivity contribution in [2.45, 2.75) is 27.7 Å². The van der Waals surface area contributed by atoms with Gasteiger partial charge < -0.3 is 20.1 Å². The fraction of sp³-hybridized carbons (Fsp3) is 0.207. The van der Waals surface area contributed by atoms with Gasteiger partial charge >= 0.3 is 0 Å². The Morgan fingerprint density at radius 2 is 1.57 bits per heavy atom. The van der Waals surface area contributed by atoms with Crippen LogP contribution in [0.25, 0.3) is 6.08 Å². The van der Waals surface area contributed by atoms with E-state index in [9.17, 15) is 14.9 Å². The first-order valence-corrected chi connectivity index (χ1v) is 12.3. The molecule has 37 heavy (non-hydrogen) atoms. The predicted molar refractivity (Wildman–Crippen MR) is 149 cm³/mol. The van der Waals surface area contributed by atoms with Crippen LogP contribution < -0.4 is 20.1 Å². The van der Waals surface area contributed by atoms with Crippen LogP contribution in [0.3, 0.4) is 0 Å². The summed E-state index contributed by atoms with van der Waals surface area (Å²) >= 11 is 3.45. The topological polar surface area (TPSA) is 100 Å². The third-order valence-electron chi connectivity index (χ3n) is 6.01. The Hall–Kier alpha value is -4.09. The molecule has 0 fully saturated rings. The maximum atomic E-state index is 12.8. The van der Waals surface area contributed by atoms with E-state index in [2.05, 4.69) is 26.6 Å². The van der Waals surface area contributed by atoms with Crippen molar-refractivity contribution in [1.29, 1.82) is 5.26 Å². The Morgan fingerprint density at radius 1 is 0.973 bits per heavy atom. The maximum Gasteiger partial charge on any atom is 0.266 e. The van der Waals surface area contributed by atoms with Crippen molar-refractivity contribution < 1.29 is 19.1 Å². The number of nitrogens with one attached hydrogen (secondary N) is 2. The minimum atomic E-state index is -0.519. The molecule has 0 radical (unpaired) electrons.